The van der Waals surface area contributed by atoms with Gasteiger partial charge < -0.3 is 10.2 Å². The van der Waals surface area contributed by atoms with Gasteiger partial charge in [0.25, 0.3) is 0 Å². The van der Waals surface area contributed by atoms with Crippen molar-refractivity contribution in [2.45, 2.75) is 20.4 Å². The van der Waals surface area contributed by atoms with Crippen LogP contribution >= 0.6 is 0 Å². The van der Waals surface area contributed by atoms with Gasteiger partial charge in [-0.25, -0.2) is 9.97 Å². The van der Waals surface area contributed by atoms with Gasteiger partial charge in [0, 0.05) is 44.5 Å². The molecule has 0 atom stereocenters. The molecule has 5 heteroatoms. The fourth-order valence-electron chi connectivity index (χ4n) is 3.57. The Bertz CT molecular complexity index is 917. The number of nitrogens with zero attached hydrogens (tertiary/aromatic N) is 4. The molecule has 1 saturated heterocycles. The minimum Gasteiger partial charge on any atom is -0.354 e. The molecule has 2 aromatic carbocycles. The summed E-state index contributed by atoms with van der Waals surface area (Å²) in [6.45, 7) is 9.26. The average molecular weight is 374 g/mol. The Morgan fingerprint density at radius 2 is 1.68 bits per heavy atom. The van der Waals surface area contributed by atoms with Crippen LogP contribution in [0.15, 0.2) is 60.9 Å². The van der Waals surface area contributed by atoms with Gasteiger partial charge in [-0.05, 0) is 36.6 Å². The summed E-state index contributed by atoms with van der Waals surface area (Å²) in [6, 6.07) is 19.1. The molecule has 1 aliphatic rings. The van der Waals surface area contributed by atoms with Gasteiger partial charge in [0.1, 0.15) is 18.0 Å². The monoisotopic (exact) mass is 373 g/mol. The van der Waals surface area contributed by atoms with Crippen molar-refractivity contribution in [3.8, 4) is 0 Å². The van der Waals surface area contributed by atoms with Gasteiger partial charge in [0.05, 0.1) is 0 Å². The van der Waals surface area contributed by atoms with Crippen molar-refractivity contribution in [2.24, 2.45) is 0 Å². The SMILES string of the molecule is Cc1ccc(C)c(Nc2cc(N3CCN(Cc4ccccc4)CC3)ncn2)c1. The number of benzene rings is 2. The second-order valence-corrected chi connectivity index (χ2v) is 7.45. The largest absolute Gasteiger partial charge is 0.354 e. The van der Waals surface area contributed by atoms with Crippen molar-refractivity contribution in [3.05, 3.63) is 77.6 Å². The van der Waals surface area contributed by atoms with E-state index in [-0.39, 0.29) is 0 Å². The first-order valence-electron chi connectivity index (χ1n) is 9.85. The third kappa shape index (κ3) is 4.49. The van der Waals surface area contributed by atoms with E-state index in [2.05, 4.69) is 93.5 Å². The zero-order valence-electron chi connectivity index (χ0n) is 16.6. The van der Waals surface area contributed by atoms with Crippen molar-refractivity contribution < 1.29 is 0 Å². The Labute approximate surface area is 167 Å². The van der Waals surface area contributed by atoms with E-state index in [4.69, 9.17) is 0 Å². The van der Waals surface area contributed by atoms with E-state index in [9.17, 15) is 0 Å². The number of rotatable bonds is 5. The molecule has 0 unspecified atom stereocenters. The van der Waals surface area contributed by atoms with E-state index in [0.717, 1.165) is 50.0 Å². The Morgan fingerprint density at radius 3 is 2.46 bits per heavy atom. The van der Waals surface area contributed by atoms with Gasteiger partial charge in [0.2, 0.25) is 0 Å². The van der Waals surface area contributed by atoms with Crippen molar-refractivity contribution in [1.82, 2.24) is 14.9 Å². The molecular weight excluding hydrogens is 346 g/mol. The lowest BCUT2D eigenvalue weighted by Gasteiger charge is -2.35. The van der Waals surface area contributed by atoms with Crippen LogP contribution in [0.1, 0.15) is 16.7 Å². The lowest BCUT2D eigenvalue weighted by atomic mass is 10.1. The maximum atomic E-state index is 4.51. The molecule has 1 aromatic heterocycles. The molecule has 1 N–H and O–H groups in total. The molecule has 0 saturated carbocycles. The third-order valence-corrected chi connectivity index (χ3v) is 5.25. The molecule has 1 aliphatic heterocycles. The third-order valence-electron chi connectivity index (χ3n) is 5.25. The van der Waals surface area contributed by atoms with Gasteiger partial charge >= 0.3 is 0 Å². The van der Waals surface area contributed by atoms with Crippen LogP contribution in [0.2, 0.25) is 0 Å². The summed E-state index contributed by atoms with van der Waals surface area (Å²) >= 11 is 0. The summed E-state index contributed by atoms with van der Waals surface area (Å²) < 4.78 is 0. The normalized spacial score (nSPS) is 14.9. The summed E-state index contributed by atoms with van der Waals surface area (Å²) in [5.41, 5.74) is 4.91. The molecule has 0 spiro atoms. The highest BCUT2D eigenvalue weighted by molar-refractivity contribution is 5.63. The first-order chi connectivity index (χ1) is 13.7. The van der Waals surface area contributed by atoms with Gasteiger partial charge in [-0.1, -0.05) is 42.5 Å². The van der Waals surface area contributed by atoms with Crippen LogP contribution in [0.5, 0.6) is 0 Å². The summed E-state index contributed by atoms with van der Waals surface area (Å²) in [5, 5.41) is 3.45. The minimum atomic E-state index is 0.838. The van der Waals surface area contributed by atoms with Gasteiger partial charge in [-0.2, -0.15) is 0 Å². The highest BCUT2D eigenvalue weighted by atomic mass is 15.3. The Kier molecular flexibility index (Phi) is 5.53. The zero-order valence-corrected chi connectivity index (χ0v) is 16.6. The second kappa shape index (κ2) is 8.40. The molecular formula is C23H27N5. The standard InChI is InChI=1S/C23H27N5/c1-18-8-9-19(2)21(14-18)26-22-15-23(25-17-24-22)28-12-10-27(11-13-28)16-20-6-4-3-5-7-20/h3-9,14-15,17H,10-13,16H2,1-2H3,(H,24,25,26). The molecule has 28 heavy (non-hydrogen) atoms. The van der Waals surface area contributed by atoms with Crippen molar-refractivity contribution in [2.75, 3.05) is 36.4 Å². The predicted octanol–water partition coefficient (Wildman–Crippen LogP) is 4.16. The Balaban J connectivity index is 1.39. The summed E-state index contributed by atoms with van der Waals surface area (Å²) in [6.07, 6.45) is 1.65. The molecule has 5 nitrogen and oxygen atoms in total. The number of aromatic nitrogens is 2. The van der Waals surface area contributed by atoms with Crippen LogP contribution in [0.25, 0.3) is 0 Å². The van der Waals surface area contributed by atoms with E-state index < -0.39 is 0 Å². The van der Waals surface area contributed by atoms with Crippen LogP contribution in [0.4, 0.5) is 17.3 Å². The fraction of sp³-hybridized carbons (Fsp3) is 0.304. The molecule has 0 bridgehead atoms. The van der Waals surface area contributed by atoms with Crippen molar-refractivity contribution in [3.63, 3.8) is 0 Å². The van der Waals surface area contributed by atoms with Crippen LogP contribution in [-0.4, -0.2) is 41.0 Å². The maximum absolute atomic E-state index is 4.51. The fourth-order valence-corrected chi connectivity index (χ4v) is 3.57. The van der Waals surface area contributed by atoms with E-state index in [1.54, 1.807) is 6.33 Å². The van der Waals surface area contributed by atoms with E-state index in [1.807, 2.05) is 0 Å². The number of anilines is 3. The number of aryl methyl sites for hydroxylation is 2. The number of nitrogens with one attached hydrogen (secondary N) is 1. The summed E-state index contributed by atoms with van der Waals surface area (Å²) in [4.78, 5) is 13.8. The lowest BCUT2D eigenvalue weighted by molar-refractivity contribution is 0.249. The van der Waals surface area contributed by atoms with Crippen LogP contribution in [0.3, 0.4) is 0 Å². The maximum Gasteiger partial charge on any atom is 0.135 e. The quantitative estimate of drug-likeness (QED) is 0.727. The van der Waals surface area contributed by atoms with Gasteiger partial charge in [-0.3, -0.25) is 4.90 Å². The number of piperazine rings is 1. The second-order valence-electron chi connectivity index (χ2n) is 7.45. The predicted molar refractivity (Wildman–Crippen MR) is 115 cm³/mol. The Morgan fingerprint density at radius 1 is 0.893 bits per heavy atom. The molecule has 0 radical (unpaired) electrons. The number of hydrogen-bond acceptors (Lipinski definition) is 5. The minimum absolute atomic E-state index is 0.838. The van der Waals surface area contributed by atoms with Gasteiger partial charge in [0.15, 0.2) is 0 Å². The highest BCUT2D eigenvalue weighted by Gasteiger charge is 2.18. The van der Waals surface area contributed by atoms with Crippen LogP contribution in [0, 0.1) is 13.8 Å². The zero-order chi connectivity index (χ0) is 19.3. The molecule has 2 heterocycles. The molecule has 0 aliphatic carbocycles. The molecule has 144 valence electrons. The Hall–Kier alpha value is -2.92. The smallest absolute Gasteiger partial charge is 0.135 e. The van der Waals surface area contributed by atoms with Crippen LogP contribution < -0.4 is 10.2 Å². The van der Waals surface area contributed by atoms with Crippen molar-refractivity contribution in [1.29, 1.82) is 0 Å². The summed E-state index contributed by atoms with van der Waals surface area (Å²) in [5.74, 6) is 1.83. The van der Waals surface area contributed by atoms with Crippen molar-refractivity contribution >= 4 is 17.3 Å². The first-order valence-corrected chi connectivity index (χ1v) is 9.85. The number of hydrogen-bond donors (Lipinski definition) is 1. The molecule has 4 rings (SSSR count). The lowest BCUT2D eigenvalue weighted by Crippen LogP contribution is -2.46. The molecule has 3 aromatic rings. The van der Waals surface area contributed by atoms with E-state index in [0.29, 0.717) is 0 Å². The summed E-state index contributed by atoms with van der Waals surface area (Å²) in [7, 11) is 0. The first kappa shape index (κ1) is 18.4. The molecule has 1 fully saturated rings. The highest BCUT2D eigenvalue weighted by Crippen LogP contribution is 2.23. The average Bonchev–Trinajstić information content (AvgIpc) is 2.72. The van der Waals surface area contributed by atoms with Crippen LogP contribution in [-0.2, 0) is 6.54 Å². The van der Waals surface area contributed by atoms with E-state index >= 15 is 0 Å². The van der Waals surface area contributed by atoms with Gasteiger partial charge in [-0.15, -0.1) is 0 Å². The molecule has 0 amide bonds. The van der Waals surface area contributed by atoms with E-state index in [1.165, 1.54) is 16.7 Å². The topological polar surface area (TPSA) is 44.3 Å².